The van der Waals surface area contributed by atoms with E-state index in [0.29, 0.717) is 5.69 Å². The predicted octanol–water partition coefficient (Wildman–Crippen LogP) is 5.52. The van der Waals surface area contributed by atoms with Crippen LogP contribution in [0.1, 0.15) is 48.0 Å². The van der Waals surface area contributed by atoms with Gasteiger partial charge in [0, 0.05) is 17.3 Å². The minimum absolute atomic E-state index is 0.0338. The monoisotopic (exact) mass is 491 g/mol. The molecule has 2 N–H and O–H groups in total. The number of alkyl halides is 3. The number of hydrogen-bond donors (Lipinski definition) is 2. The smallest absolute Gasteiger partial charge is 0.350 e. The summed E-state index contributed by atoms with van der Waals surface area (Å²) >= 11 is 6.16. The van der Waals surface area contributed by atoms with Crippen LogP contribution in [0.5, 0.6) is 0 Å². The van der Waals surface area contributed by atoms with E-state index in [1.54, 1.807) is 0 Å². The van der Waals surface area contributed by atoms with Gasteiger partial charge in [-0.25, -0.2) is 0 Å². The topological polar surface area (TPSA) is 78.5 Å². The predicted molar refractivity (Wildman–Crippen MR) is 121 cm³/mol. The number of nitrogens with zero attached hydrogens (tertiary/aromatic N) is 1. The normalized spacial score (nSPS) is 17.4. The molecule has 178 valence electrons. The number of carbonyl (C=O) groups excluding carboxylic acids is 3. The highest BCUT2D eigenvalue weighted by Crippen LogP contribution is 2.35. The molecule has 0 spiro atoms. The quantitative estimate of drug-likeness (QED) is 0.540. The van der Waals surface area contributed by atoms with Crippen LogP contribution in [-0.2, 0) is 15.8 Å². The molecule has 1 aliphatic heterocycles. The van der Waals surface area contributed by atoms with Crippen LogP contribution in [0.2, 0.25) is 0 Å². The van der Waals surface area contributed by atoms with Crippen molar-refractivity contribution in [1.29, 1.82) is 0 Å². The summed E-state index contributed by atoms with van der Waals surface area (Å²) in [6, 6.07) is 10.3. The maximum atomic E-state index is 13.2. The number of amides is 3. The van der Waals surface area contributed by atoms with Crippen LogP contribution < -0.4 is 10.6 Å². The second kappa shape index (κ2) is 9.50. The first-order valence-electron chi connectivity index (χ1n) is 10.8. The second-order valence-electron chi connectivity index (χ2n) is 8.16. The summed E-state index contributed by atoms with van der Waals surface area (Å²) in [6.07, 6.45) is -0.160. The van der Waals surface area contributed by atoms with Gasteiger partial charge in [-0.3, -0.25) is 19.3 Å². The van der Waals surface area contributed by atoms with Crippen molar-refractivity contribution in [1.82, 2.24) is 4.90 Å². The molecule has 0 aromatic heterocycles. The SMILES string of the molecule is O=C(Nc1ccccc1C(F)(F)F)c1ccc(NC2=C(Cl)C(=O)N(C3CCCCC3)C2=O)cc1. The zero-order valence-electron chi connectivity index (χ0n) is 17.9. The van der Waals surface area contributed by atoms with Crippen molar-refractivity contribution in [2.45, 2.75) is 44.3 Å². The molecule has 1 aliphatic carbocycles. The van der Waals surface area contributed by atoms with Crippen LogP contribution >= 0.6 is 11.6 Å². The van der Waals surface area contributed by atoms with E-state index in [1.807, 2.05) is 0 Å². The lowest BCUT2D eigenvalue weighted by atomic mass is 9.94. The molecule has 1 fully saturated rings. The molecular weight excluding hydrogens is 471 g/mol. The van der Waals surface area contributed by atoms with Crippen LogP contribution in [0, 0.1) is 0 Å². The van der Waals surface area contributed by atoms with Crippen LogP contribution in [0.15, 0.2) is 59.3 Å². The van der Waals surface area contributed by atoms with E-state index < -0.39 is 29.5 Å². The van der Waals surface area contributed by atoms with Crippen molar-refractivity contribution in [3.8, 4) is 0 Å². The number of hydrogen-bond acceptors (Lipinski definition) is 4. The van der Waals surface area contributed by atoms with Crippen molar-refractivity contribution >= 4 is 40.7 Å². The van der Waals surface area contributed by atoms with Crippen LogP contribution in [0.25, 0.3) is 0 Å². The molecule has 6 nitrogen and oxygen atoms in total. The highest BCUT2D eigenvalue weighted by molar-refractivity contribution is 6.48. The van der Waals surface area contributed by atoms with Crippen LogP contribution in [0.4, 0.5) is 24.5 Å². The molecule has 1 saturated carbocycles. The average molecular weight is 492 g/mol. The van der Waals surface area contributed by atoms with E-state index in [0.717, 1.165) is 38.2 Å². The van der Waals surface area contributed by atoms with E-state index in [-0.39, 0.29) is 28.0 Å². The summed E-state index contributed by atoms with van der Waals surface area (Å²) in [6.45, 7) is 0. The van der Waals surface area contributed by atoms with Crippen molar-refractivity contribution in [3.05, 3.63) is 70.4 Å². The summed E-state index contributed by atoms with van der Waals surface area (Å²) < 4.78 is 39.5. The van der Waals surface area contributed by atoms with Crippen molar-refractivity contribution in [3.63, 3.8) is 0 Å². The second-order valence-corrected chi connectivity index (χ2v) is 8.54. The van der Waals surface area contributed by atoms with Gasteiger partial charge in [-0.05, 0) is 49.2 Å². The fourth-order valence-electron chi connectivity index (χ4n) is 4.18. The average Bonchev–Trinajstić information content (AvgIpc) is 3.02. The van der Waals surface area contributed by atoms with Crippen molar-refractivity contribution in [2.75, 3.05) is 10.6 Å². The largest absolute Gasteiger partial charge is 0.418 e. The number of imide groups is 1. The summed E-state index contributed by atoms with van der Waals surface area (Å²) in [5, 5.41) is 4.92. The van der Waals surface area contributed by atoms with Gasteiger partial charge >= 0.3 is 6.18 Å². The minimum atomic E-state index is -4.61. The van der Waals surface area contributed by atoms with Gasteiger partial charge < -0.3 is 10.6 Å². The number of halogens is 4. The Morgan fingerprint density at radius 2 is 1.59 bits per heavy atom. The van der Waals surface area contributed by atoms with Gasteiger partial charge in [0.2, 0.25) is 0 Å². The summed E-state index contributed by atoms with van der Waals surface area (Å²) in [4.78, 5) is 39.1. The highest BCUT2D eigenvalue weighted by atomic mass is 35.5. The first-order chi connectivity index (χ1) is 16.2. The third-order valence-corrected chi connectivity index (χ3v) is 6.25. The van der Waals surface area contributed by atoms with Crippen molar-refractivity contribution < 1.29 is 27.6 Å². The van der Waals surface area contributed by atoms with E-state index >= 15 is 0 Å². The molecule has 1 heterocycles. The lowest BCUT2D eigenvalue weighted by Crippen LogP contribution is -2.42. The van der Waals surface area contributed by atoms with Crippen molar-refractivity contribution in [2.24, 2.45) is 0 Å². The molecule has 0 saturated heterocycles. The summed E-state index contributed by atoms with van der Waals surface area (Å²) in [5.41, 5.74) is -0.826. The highest BCUT2D eigenvalue weighted by Gasteiger charge is 2.42. The third kappa shape index (κ3) is 4.79. The molecule has 0 bridgehead atoms. The number of nitrogens with one attached hydrogen (secondary N) is 2. The fourth-order valence-corrected chi connectivity index (χ4v) is 4.40. The summed E-state index contributed by atoms with van der Waals surface area (Å²) in [7, 11) is 0. The van der Waals surface area contributed by atoms with Crippen LogP contribution in [-0.4, -0.2) is 28.7 Å². The van der Waals surface area contributed by atoms with Crippen LogP contribution in [0.3, 0.4) is 0 Å². The Kier molecular flexibility index (Phi) is 6.65. The van der Waals surface area contributed by atoms with Gasteiger partial charge in [0.05, 0.1) is 11.3 Å². The molecule has 0 unspecified atom stereocenters. The minimum Gasteiger partial charge on any atom is -0.350 e. The molecule has 4 rings (SSSR count). The van der Waals surface area contributed by atoms with Gasteiger partial charge in [0.15, 0.2) is 0 Å². The number of para-hydroxylation sites is 1. The molecule has 10 heteroatoms. The molecule has 0 radical (unpaired) electrons. The Labute approximate surface area is 198 Å². The molecule has 3 amide bonds. The van der Waals surface area contributed by atoms with E-state index in [2.05, 4.69) is 10.6 Å². The van der Waals surface area contributed by atoms with E-state index in [4.69, 9.17) is 11.6 Å². The number of anilines is 2. The molecule has 2 aromatic carbocycles. The van der Waals surface area contributed by atoms with E-state index in [1.165, 1.54) is 47.4 Å². The van der Waals surface area contributed by atoms with Gasteiger partial charge in [0.25, 0.3) is 17.7 Å². The Morgan fingerprint density at radius 3 is 2.24 bits per heavy atom. The first-order valence-corrected chi connectivity index (χ1v) is 11.2. The lowest BCUT2D eigenvalue weighted by Gasteiger charge is -2.29. The van der Waals surface area contributed by atoms with Gasteiger partial charge in [0.1, 0.15) is 10.7 Å². The first kappa shape index (κ1) is 23.8. The Bertz CT molecular complexity index is 1160. The Morgan fingerprint density at radius 1 is 0.941 bits per heavy atom. The standard InChI is InChI=1S/C24H21ClF3N3O3/c25-19-20(23(34)31(22(19)33)16-6-2-1-3-7-16)29-15-12-10-14(11-13-15)21(32)30-18-9-5-4-8-17(18)24(26,27)28/h4-5,8-13,16,29H,1-3,6-7H2,(H,30,32). The number of carbonyl (C=O) groups is 3. The molecule has 2 aromatic rings. The molecule has 34 heavy (non-hydrogen) atoms. The maximum Gasteiger partial charge on any atom is 0.418 e. The zero-order chi connectivity index (χ0) is 24.5. The zero-order valence-corrected chi connectivity index (χ0v) is 18.7. The van der Waals surface area contributed by atoms with E-state index in [9.17, 15) is 27.6 Å². The van der Waals surface area contributed by atoms with Gasteiger partial charge in [-0.15, -0.1) is 0 Å². The molecule has 0 atom stereocenters. The lowest BCUT2D eigenvalue weighted by molar-refractivity contribution is -0.141. The molecule has 2 aliphatic rings. The fraction of sp³-hybridized carbons (Fsp3) is 0.292. The third-order valence-electron chi connectivity index (χ3n) is 5.90. The Balaban J connectivity index is 1.46. The van der Waals surface area contributed by atoms with Gasteiger partial charge in [-0.2, -0.15) is 13.2 Å². The van der Waals surface area contributed by atoms with Gasteiger partial charge in [-0.1, -0.05) is 43.0 Å². The number of rotatable bonds is 5. The molecular formula is C24H21ClF3N3O3. The number of benzene rings is 2. The summed E-state index contributed by atoms with van der Waals surface area (Å²) in [5.74, 6) is -1.75. The maximum absolute atomic E-state index is 13.2. The Hall–Kier alpha value is -3.33.